The number of nitrogens with zero attached hydrogens (tertiary/aromatic N) is 3. The Morgan fingerprint density at radius 3 is 2.79 bits per heavy atom. The minimum Gasteiger partial charge on any atom is -0.277 e. The van der Waals surface area contributed by atoms with E-state index in [2.05, 4.69) is 16.3 Å². The lowest BCUT2D eigenvalue weighted by molar-refractivity contribution is 0.590. The fourth-order valence-electron chi connectivity index (χ4n) is 2.19. The van der Waals surface area contributed by atoms with Gasteiger partial charge in [-0.1, -0.05) is 23.8 Å². The third kappa shape index (κ3) is 2.08. The van der Waals surface area contributed by atoms with Gasteiger partial charge in [-0.25, -0.2) is 8.42 Å². The van der Waals surface area contributed by atoms with Gasteiger partial charge in [0, 0.05) is 18.9 Å². The van der Waals surface area contributed by atoms with Crippen molar-refractivity contribution in [3.05, 3.63) is 40.7 Å². The summed E-state index contributed by atoms with van der Waals surface area (Å²) >= 11 is 0. The number of benzene rings is 1. The standard InChI is InChI=1S/C13H13N3O2S/c1-9-3-4-10-8-12-14-15-13(19(2,17)18)16(12)6-5-11(10)7-9/h3-7H,8H2,1-2H3. The Kier molecular flexibility index (Phi) is 2.56. The average molecular weight is 275 g/mol. The highest BCUT2D eigenvalue weighted by atomic mass is 32.2. The first-order chi connectivity index (χ1) is 8.95. The third-order valence-corrected chi connectivity index (χ3v) is 4.06. The molecule has 0 radical (unpaired) electrons. The normalized spacial score (nSPS) is 13.8. The summed E-state index contributed by atoms with van der Waals surface area (Å²) < 4.78 is 24.8. The molecule has 0 aliphatic carbocycles. The molecule has 0 saturated carbocycles. The van der Waals surface area contributed by atoms with Crippen LogP contribution >= 0.6 is 0 Å². The molecule has 0 unspecified atom stereocenters. The van der Waals surface area contributed by atoms with Crippen LogP contribution in [-0.2, 0) is 16.3 Å². The summed E-state index contributed by atoms with van der Waals surface area (Å²) in [5.41, 5.74) is 3.38. The summed E-state index contributed by atoms with van der Waals surface area (Å²) in [5.74, 6) is 0.638. The monoisotopic (exact) mass is 275 g/mol. The molecule has 0 bridgehead atoms. The molecule has 1 aromatic carbocycles. The van der Waals surface area contributed by atoms with Crippen LogP contribution in [0, 0.1) is 6.92 Å². The number of sulfone groups is 1. The first-order valence-electron chi connectivity index (χ1n) is 5.87. The zero-order valence-corrected chi connectivity index (χ0v) is 11.5. The number of aromatic nitrogens is 3. The van der Waals surface area contributed by atoms with Gasteiger partial charge in [-0.3, -0.25) is 4.57 Å². The van der Waals surface area contributed by atoms with Gasteiger partial charge in [0.1, 0.15) is 5.82 Å². The second-order valence-corrected chi connectivity index (χ2v) is 6.65. The fraction of sp³-hybridized carbons (Fsp3) is 0.231. The van der Waals surface area contributed by atoms with E-state index in [1.165, 1.54) is 5.56 Å². The molecule has 0 atom stereocenters. The summed E-state index contributed by atoms with van der Waals surface area (Å²) in [4.78, 5) is 0. The van der Waals surface area contributed by atoms with Crippen molar-refractivity contribution in [2.24, 2.45) is 0 Å². The van der Waals surface area contributed by atoms with Crippen molar-refractivity contribution in [3.63, 3.8) is 0 Å². The molecule has 0 saturated heterocycles. The maximum absolute atomic E-state index is 11.6. The highest BCUT2D eigenvalue weighted by molar-refractivity contribution is 7.90. The Morgan fingerprint density at radius 1 is 1.26 bits per heavy atom. The van der Waals surface area contributed by atoms with E-state index in [1.807, 2.05) is 25.1 Å². The van der Waals surface area contributed by atoms with Gasteiger partial charge in [-0.2, -0.15) is 0 Å². The molecule has 3 rings (SSSR count). The Balaban J connectivity index is 2.18. The van der Waals surface area contributed by atoms with Gasteiger partial charge in [0.2, 0.25) is 9.84 Å². The van der Waals surface area contributed by atoms with Crippen LogP contribution in [0.2, 0.25) is 0 Å². The molecule has 1 aliphatic rings. The molecule has 0 N–H and O–H groups in total. The highest BCUT2D eigenvalue weighted by Gasteiger charge is 2.21. The number of hydrogen-bond acceptors (Lipinski definition) is 4. The maximum atomic E-state index is 11.6. The molecule has 19 heavy (non-hydrogen) atoms. The van der Waals surface area contributed by atoms with Gasteiger partial charge in [0.05, 0.1) is 0 Å². The number of rotatable bonds is 1. The van der Waals surface area contributed by atoms with Crippen LogP contribution in [0.5, 0.6) is 0 Å². The Hall–Kier alpha value is -1.95. The van der Waals surface area contributed by atoms with E-state index >= 15 is 0 Å². The quantitative estimate of drug-likeness (QED) is 0.675. The Morgan fingerprint density at radius 2 is 2.05 bits per heavy atom. The van der Waals surface area contributed by atoms with Crippen molar-refractivity contribution in [1.82, 2.24) is 14.8 Å². The van der Waals surface area contributed by atoms with Crippen molar-refractivity contribution in [2.75, 3.05) is 6.26 Å². The SMILES string of the molecule is Cc1ccc2c(c1)C=Cn1c(nnc1S(C)(=O)=O)C2. The number of hydrogen-bond donors (Lipinski definition) is 0. The van der Waals surface area contributed by atoms with Gasteiger partial charge in [0.25, 0.3) is 5.16 Å². The molecule has 0 fully saturated rings. The summed E-state index contributed by atoms with van der Waals surface area (Å²) in [6.45, 7) is 2.03. The lowest BCUT2D eigenvalue weighted by Crippen LogP contribution is -2.06. The minimum absolute atomic E-state index is 0.0109. The molecule has 0 spiro atoms. The van der Waals surface area contributed by atoms with Crippen LogP contribution in [0.25, 0.3) is 12.3 Å². The fourth-order valence-corrected chi connectivity index (χ4v) is 2.90. The molecule has 5 nitrogen and oxygen atoms in total. The van der Waals surface area contributed by atoms with E-state index in [0.29, 0.717) is 12.2 Å². The number of aryl methyl sites for hydroxylation is 1. The van der Waals surface area contributed by atoms with Gasteiger partial charge in [-0.15, -0.1) is 10.2 Å². The maximum Gasteiger partial charge on any atom is 0.253 e. The first kappa shape index (κ1) is 12.1. The van der Waals surface area contributed by atoms with E-state index in [0.717, 1.165) is 17.4 Å². The predicted molar refractivity (Wildman–Crippen MR) is 72.3 cm³/mol. The molecular weight excluding hydrogens is 262 g/mol. The van der Waals surface area contributed by atoms with Crippen molar-refractivity contribution < 1.29 is 8.42 Å². The van der Waals surface area contributed by atoms with Gasteiger partial charge >= 0.3 is 0 Å². The molecule has 1 aromatic heterocycles. The molecule has 6 heteroatoms. The summed E-state index contributed by atoms with van der Waals surface area (Å²) in [6.07, 6.45) is 5.33. The highest BCUT2D eigenvalue weighted by Crippen LogP contribution is 2.22. The van der Waals surface area contributed by atoms with E-state index < -0.39 is 9.84 Å². The molecule has 98 valence electrons. The zero-order chi connectivity index (χ0) is 13.6. The van der Waals surface area contributed by atoms with Crippen LogP contribution in [0.3, 0.4) is 0 Å². The lowest BCUT2D eigenvalue weighted by atomic mass is 10.0. The molecule has 0 amide bonds. The van der Waals surface area contributed by atoms with Crippen molar-refractivity contribution in [2.45, 2.75) is 18.5 Å². The van der Waals surface area contributed by atoms with Crippen LogP contribution in [0.15, 0.2) is 23.4 Å². The number of fused-ring (bicyclic) bond motifs is 2. The molecule has 2 aromatic rings. The van der Waals surface area contributed by atoms with Crippen molar-refractivity contribution in [1.29, 1.82) is 0 Å². The topological polar surface area (TPSA) is 64.8 Å². The largest absolute Gasteiger partial charge is 0.277 e. The van der Waals surface area contributed by atoms with Crippen LogP contribution in [-0.4, -0.2) is 29.4 Å². The van der Waals surface area contributed by atoms with E-state index in [4.69, 9.17) is 0 Å². The molecule has 2 heterocycles. The predicted octanol–water partition coefficient (Wildman–Crippen LogP) is 1.52. The van der Waals surface area contributed by atoms with Gasteiger partial charge in [-0.05, 0) is 24.1 Å². The average Bonchev–Trinajstić information content (AvgIpc) is 2.64. The molecular formula is C13H13N3O2S. The first-order valence-corrected chi connectivity index (χ1v) is 7.76. The van der Waals surface area contributed by atoms with Crippen molar-refractivity contribution >= 4 is 22.1 Å². The summed E-state index contributed by atoms with van der Waals surface area (Å²) in [7, 11) is -3.37. The third-order valence-electron chi connectivity index (χ3n) is 3.12. The van der Waals surface area contributed by atoms with Crippen molar-refractivity contribution in [3.8, 4) is 0 Å². The summed E-state index contributed by atoms with van der Waals surface area (Å²) in [6, 6.07) is 6.15. The smallest absolute Gasteiger partial charge is 0.253 e. The van der Waals surface area contributed by atoms with E-state index in [9.17, 15) is 8.42 Å². The molecule has 1 aliphatic heterocycles. The van der Waals surface area contributed by atoms with E-state index in [-0.39, 0.29) is 5.16 Å². The zero-order valence-electron chi connectivity index (χ0n) is 10.7. The van der Waals surface area contributed by atoms with Gasteiger partial charge in [0.15, 0.2) is 0 Å². The van der Waals surface area contributed by atoms with Crippen LogP contribution in [0.1, 0.15) is 22.5 Å². The second kappa shape index (κ2) is 4.03. The van der Waals surface area contributed by atoms with E-state index in [1.54, 1.807) is 10.8 Å². The second-order valence-electron chi connectivity index (χ2n) is 4.74. The summed E-state index contributed by atoms with van der Waals surface area (Å²) in [5, 5.41) is 7.75. The van der Waals surface area contributed by atoms with Crippen LogP contribution < -0.4 is 0 Å². The van der Waals surface area contributed by atoms with Crippen LogP contribution in [0.4, 0.5) is 0 Å². The Labute approximate surface area is 111 Å². The minimum atomic E-state index is -3.37. The lowest BCUT2D eigenvalue weighted by Gasteiger charge is -2.03. The Bertz CT molecular complexity index is 788. The van der Waals surface area contributed by atoms with Gasteiger partial charge < -0.3 is 0 Å².